The number of nitrogens with one attached hydrogen (secondary N) is 1. The predicted molar refractivity (Wildman–Crippen MR) is 124 cm³/mol. The van der Waals surface area contributed by atoms with Crippen molar-refractivity contribution in [1.29, 1.82) is 0 Å². The first-order valence-electron chi connectivity index (χ1n) is 10.3. The van der Waals surface area contributed by atoms with Crippen LogP contribution in [-0.2, 0) is 6.42 Å². The van der Waals surface area contributed by atoms with Crippen molar-refractivity contribution in [3.63, 3.8) is 0 Å². The SMILES string of the molecule is COc1ccc(-c2cc(-c3ccccc3)[nH]c2C(=O)CCc2ccc(C(=O)O)cc2)cc1. The van der Waals surface area contributed by atoms with Crippen molar-refractivity contribution in [1.82, 2.24) is 4.98 Å². The molecular weight excluding hydrogens is 402 g/mol. The van der Waals surface area contributed by atoms with E-state index in [-0.39, 0.29) is 11.3 Å². The highest BCUT2D eigenvalue weighted by atomic mass is 16.5. The minimum absolute atomic E-state index is 0.000287. The number of carboxylic acids is 1. The molecule has 1 aromatic heterocycles. The molecule has 4 rings (SSSR count). The first kappa shape index (κ1) is 21.1. The molecule has 0 amide bonds. The third-order valence-corrected chi connectivity index (χ3v) is 5.42. The van der Waals surface area contributed by atoms with Crippen LogP contribution in [0.1, 0.15) is 32.8 Å². The molecule has 1 heterocycles. The topological polar surface area (TPSA) is 79.4 Å². The number of benzene rings is 3. The number of Topliss-reactive ketones (excluding diaryl/α,β-unsaturated/α-hetero) is 1. The number of hydrogen-bond acceptors (Lipinski definition) is 3. The van der Waals surface area contributed by atoms with E-state index < -0.39 is 5.97 Å². The minimum Gasteiger partial charge on any atom is -0.497 e. The number of carbonyl (C=O) groups excluding carboxylic acids is 1. The second kappa shape index (κ2) is 9.35. The summed E-state index contributed by atoms with van der Waals surface area (Å²) in [6.07, 6.45) is 0.838. The van der Waals surface area contributed by atoms with Crippen LogP contribution in [0.5, 0.6) is 5.75 Å². The third kappa shape index (κ3) is 4.62. The van der Waals surface area contributed by atoms with Crippen LogP contribution in [-0.4, -0.2) is 29.0 Å². The average Bonchev–Trinajstić information content (AvgIpc) is 3.29. The number of aryl methyl sites for hydroxylation is 1. The van der Waals surface area contributed by atoms with Gasteiger partial charge >= 0.3 is 5.97 Å². The lowest BCUT2D eigenvalue weighted by Gasteiger charge is -2.06. The van der Waals surface area contributed by atoms with Crippen molar-refractivity contribution in [2.75, 3.05) is 7.11 Å². The van der Waals surface area contributed by atoms with Gasteiger partial charge in [-0.25, -0.2) is 4.79 Å². The maximum absolute atomic E-state index is 13.2. The number of ketones is 1. The van der Waals surface area contributed by atoms with E-state index >= 15 is 0 Å². The van der Waals surface area contributed by atoms with Crippen LogP contribution in [0.25, 0.3) is 22.4 Å². The zero-order valence-corrected chi connectivity index (χ0v) is 17.7. The van der Waals surface area contributed by atoms with Crippen molar-refractivity contribution < 1.29 is 19.4 Å². The van der Waals surface area contributed by atoms with Gasteiger partial charge in [0.05, 0.1) is 18.4 Å². The summed E-state index contributed by atoms with van der Waals surface area (Å²) >= 11 is 0. The molecule has 0 spiro atoms. The van der Waals surface area contributed by atoms with E-state index in [0.717, 1.165) is 33.7 Å². The van der Waals surface area contributed by atoms with Crippen LogP contribution in [0.2, 0.25) is 0 Å². The molecule has 0 aliphatic carbocycles. The molecule has 0 bridgehead atoms. The fourth-order valence-corrected chi connectivity index (χ4v) is 3.64. The molecule has 4 aromatic rings. The lowest BCUT2D eigenvalue weighted by Crippen LogP contribution is -2.04. The van der Waals surface area contributed by atoms with Crippen LogP contribution in [0.3, 0.4) is 0 Å². The van der Waals surface area contributed by atoms with Gasteiger partial charge in [-0.05, 0) is 53.4 Å². The Bertz CT molecular complexity index is 1220. The molecule has 32 heavy (non-hydrogen) atoms. The maximum atomic E-state index is 13.2. The first-order chi connectivity index (χ1) is 15.5. The van der Waals surface area contributed by atoms with Gasteiger partial charge in [0, 0.05) is 17.7 Å². The summed E-state index contributed by atoms with van der Waals surface area (Å²) in [7, 11) is 1.62. The largest absolute Gasteiger partial charge is 0.497 e. The number of methoxy groups -OCH3 is 1. The Morgan fingerprint density at radius 2 is 1.56 bits per heavy atom. The van der Waals surface area contributed by atoms with E-state index in [0.29, 0.717) is 18.5 Å². The molecule has 0 saturated carbocycles. The van der Waals surface area contributed by atoms with E-state index in [1.165, 1.54) is 0 Å². The van der Waals surface area contributed by atoms with Gasteiger partial charge in [-0.2, -0.15) is 0 Å². The fourth-order valence-electron chi connectivity index (χ4n) is 3.64. The predicted octanol–water partition coefficient (Wildman–Crippen LogP) is 5.87. The van der Waals surface area contributed by atoms with Gasteiger partial charge in [0.2, 0.25) is 0 Å². The third-order valence-electron chi connectivity index (χ3n) is 5.42. The molecule has 0 atom stereocenters. The summed E-state index contributed by atoms with van der Waals surface area (Å²) in [6.45, 7) is 0. The quantitative estimate of drug-likeness (QED) is 0.346. The van der Waals surface area contributed by atoms with Gasteiger partial charge in [0.25, 0.3) is 0 Å². The highest BCUT2D eigenvalue weighted by Crippen LogP contribution is 2.32. The zero-order valence-electron chi connectivity index (χ0n) is 17.7. The van der Waals surface area contributed by atoms with Gasteiger partial charge in [0.15, 0.2) is 5.78 Å². The van der Waals surface area contributed by atoms with E-state index in [1.807, 2.05) is 60.7 Å². The molecule has 0 fully saturated rings. The second-order valence-electron chi connectivity index (χ2n) is 7.49. The lowest BCUT2D eigenvalue weighted by molar-refractivity contribution is 0.0696. The number of ether oxygens (including phenoxy) is 1. The Kier molecular flexibility index (Phi) is 6.17. The number of hydrogen-bond donors (Lipinski definition) is 2. The molecule has 0 aliphatic rings. The molecule has 0 unspecified atom stereocenters. The first-order valence-corrected chi connectivity index (χ1v) is 10.3. The van der Waals surface area contributed by atoms with Gasteiger partial charge in [-0.1, -0.05) is 54.6 Å². The van der Waals surface area contributed by atoms with Gasteiger partial charge in [-0.3, -0.25) is 4.79 Å². The molecule has 0 radical (unpaired) electrons. The highest BCUT2D eigenvalue weighted by molar-refractivity contribution is 6.02. The van der Waals surface area contributed by atoms with Crippen LogP contribution in [0.15, 0.2) is 84.9 Å². The van der Waals surface area contributed by atoms with E-state index in [4.69, 9.17) is 9.84 Å². The maximum Gasteiger partial charge on any atom is 0.335 e. The molecular formula is C27H23NO4. The van der Waals surface area contributed by atoms with Crippen LogP contribution >= 0.6 is 0 Å². The summed E-state index contributed by atoms with van der Waals surface area (Å²) in [5, 5.41) is 9.04. The fraction of sp³-hybridized carbons (Fsp3) is 0.111. The molecule has 5 nitrogen and oxygen atoms in total. The molecule has 0 aliphatic heterocycles. The number of H-pyrrole nitrogens is 1. The van der Waals surface area contributed by atoms with E-state index in [9.17, 15) is 9.59 Å². The molecule has 3 aromatic carbocycles. The Morgan fingerprint density at radius 1 is 0.875 bits per heavy atom. The van der Waals surface area contributed by atoms with Crippen LogP contribution in [0.4, 0.5) is 0 Å². The summed E-state index contributed by atoms with van der Waals surface area (Å²) in [6, 6.07) is 26.2. The molecule has 5 heteroatoms. The molecule has 0 saturated heterocycles. The highest BCUT2D eigenvalue weighted by Gasteiger charge is 2.18. The minimum atomic E-state index is -0.961. The standard InChI is InChI=1S/C27H23NO4/c1-32-22-14-12-19(13-15-22)23-17-24(20-5-3-2-4-6-20)28-26(23)25(29)16-9-18-7-10-21(11-8-18)27(30)31/h2-8,10-15,17,28H,9,16H2,1H3,(H,30,31). The Hall–Kier alpha value is -4.12. The van der Waals surface area contributed by atoms with E-state index in [2.05, 4.69) is 4.98 Å². The normalized spacial score (nSPS) is 10.7. The van der Waals surface area contributed by atoms with Gasteiger partial charge < -0.3 is 14.8 Å². The van der Waals surface area contributed by atoms with Crippen molar-refractivity contribution in [3.05, 3.63) is 102 Å². The van der Waals surface area contributed by atoms with Crippen molar-refractivity contribution in [3.8, 4) is 28.1 Å². The van der Waals surface area contributed by atoms with Gasteiger partial charge in [0.1, 0.15) is 5.75 Å². The van der Waals surface area contributed by atoms with Crippen molar-refractivity contribution >= 4 is 11.8 Å². The number of aromatic carboxylic acids is 1. The van der Waals surface area contributed by atoms with Crippen LogP contribution < -0.4 is 4.74 Å². The average molecular weight is 425 g/mol. The number of rotatable bonds is 8. The Morgan fingerprint density at radius 3 is 2.19 bits per heavy atom. The summed E-state index contributed by atoms with van der Waals surface area (Å²) < 4.78 is 5.26. The monoisotopic (exact) mass is 425 g/mol. The number of aromatic nitrogens is 1. The number of carbonyl (C=O) groups is 2. The smallest absolute Gasteiger partial charge is 0.335 e. The lowest BCUT2D eigenvalue weighted by atomic mass is 9.99. The summed E-state index contributed by atoms with van der Waals surface area (Å²) in [5.41, 5.74) is 5.38. The van der Waals surface area contributed by atoms with E-state index in [1.54, 1.807) is 31.4 Å². The number of carboxylic acid groups (broad SMARTS) is 1. The Labute approximate surface area is 186 Å². The van der Waals surface area contributed by atoms with Crippen molar-refractivity contribution in [2.45, 2.75) is 12.8 Å². The van der Waals surface area contributed by atoms with Crippen molar-refractivity contribution in [2.24, 2.45) is 0 Å². The summed E-state index contributed by atoms with van der Waals surface area (Å²) in [4.78, 5) is 27.6. The molecule has 2 N–H and O–H groups in total. The Balaban J connectivity index is 1.62. The second-order valence-corrected chi connectivity index (χ2v) is 7.49. The number of aromatic amines is 1. The molecule has 160 valence electrons. The summed E-state index contributed by atoms with van der Waals surface area (Å²) in [5.74, 6) is -0.206. The van der Waals surface area contributed by atoms with Gasteiger partial charge in [-0.15, -0.1) is 0 Å². The zero-order chi connectivity index (χ0) is 22.5. The van der Waals surface area contributed by atoms with Crippen LogP contribution in [0, 0.1) is 0 Å².